The SMILES string of the molecule is Cc1ccc(C(N)C(F)(F)F)c(C)c1. The van der Waals surface area contributed by atoms with Crippen molar-refractivity contribution in [1.82, 2.24) is 0 Å². The summed E-state index contributed by atoms with van der Waals surface area (Å²) in [5.41, 5.74) is 6.75. The lowest BCUT2D eigenvalue weighted by Crippen LogP contribution is -2.29. The number of rotatable bonds is 1. The number of benzene rings is 1. The van der Waals surface area contributed by atoms with Gasteiger partial charge in [-0.05, 0) is 25.0 Å². The van der Waals surface area contributed by atoms with Gasteiger partial charge in [0.15, 0.2) is 0 Å². The molecule has 1 atom stereocenters. The highest BCUT2D eigenvalue weighted by Gasteiger charge is 2.38. The van der Waals surface area contributed by atoms with Crippen molar-refractivity contribution in [2.75, 3.05) is 0 Å². The Morgan fingerprint density at radius 2 is 1.79 bits per heavy atom. The maximum Gasteiger partial charge on any atom is 0.407 e. The van der Waals surface area contributed by atoms with Gasteiger partial charge in [-0.25, -0.2) is 0 Å². The highest BCUT2D eigenvalue weighted by molar-refractivity contribution is 5.33. The molecular formula is C10H12F3N. The molecule has 1 nitrogen and oxygen atoms in total. The summed E-state index contributed by atoms with van der Waals surface area (Å²) in [4.78, 5) is 0. The zero-order valence-corrected chi connectivity index (χ0v) is 8.02. The minimum Gasteiger partial charge on any atom is -0.316 e. The van der Waals surface area contributed by atoms with Gasteiger partial charge in [-0.1, -0.05) is 23.8 Å². The maximum absolute atomic E-state index is 12.3. The van der Waals surface area contributed by atoms with E-state index in [1.165, 1.54) is 6.07 Å². The van der Waals surface area contributed by atoms with Crippen LogP contribution in [0.3, 0.4) is 0 Å². The molecule has 0 aliphatic carbocycles. The highest BCUT2D eigenvalue weighted by Crippen LogP contribution is 2.32. The quantitative estimate of drug-likeness (QED) is 0.746. The normalized spacial score (nSPS) is 14.1. The molecule has 0 heterocycles. The Morgan fingerprint density at radius 3 is 2.21 bits per heavy atom. The van der Waals surface area contributed by atoms with Crippen LogP contribution in [-0.4, -0.2) is 6.18 Å². The van der Waals surface area contributed by atoms with E-state index in [0.717, 1.165) is 5.56 Å². The standard InChI is InChI=1S/C10H12F3N/c1-6-3-4-8(7(2)5-6)9(14)10(11,12)13/h3-5,9H,14H2,1-2H3. The molecule has 4 heteroatoms. The van der Waals surface area contributed by atoms with Gasteiger partial charge in [0.05, 0.1) is 0 Å². The van der Waals surface area contributed by atoms with E-state index in [1.807, 2.05) is 6.92 Å². The second-order valence-electron chi connectivity index (χ2n) is 3.38. The molecule has 0 aliphatic rings. The van der Waals surface area contributed by atoms with Crippen LogP contribution in [0.4, 0.5) is 13.2 Å². The summed E-state index contributed by atoms with van der Waals surface area (Å²) in [7, 11) is 0. The van der Waals surface area contributed by atoms with E-state index in [4.69, 9.17) is 5.73 Å². The van der Waals surface area contributed by atoms with Crippen LogP contribution in [0.5, 0.6) is 0 Å². The number of hydrogen-bond donors (Lipinski definition) is 1. The smallest absolute Gasteiger partial charge is 0.316 e. The monoisotopic (exact) mass is 203 g/mol. The van der Waals surface area contributed by atoms with E-state index in [0.29, 0.717) is 5.56 Å². The molecule has 1 unspecified atom stereocenters. The minimum absolute atomic E-state index is 0.142. The first kappa shape index (κ1) is 11.0. The molecule has 0 aromatic heterocycles. The Bertz CT molecular complexity index is 331. The average molecular weight is 203 g/mol. The van der Waals surface area contributed by atoms with Crippen molar-refractivity contribution >= 4 is 0 Å². The van der Waals surface area contributed by atoms with Crippen LogP contribution in [0, 0.1) is 13.8 Å². The molecule has 0 spiro atoms. The average Bonchev–Trinajstić information content (AvgIpc) is 2.01. The molecule has 2 N–H and O–H groups in total. The molecule has 78 valence electrons. The zero-order chi connectivity index (χ0) is 10.9. The summed E-state index contributed by atoms with van der Waals surface area (Å²) < 4.78 is 36.9. The number of hydrogen-bond acceptors (Lipinski definition) is 1. The fraction of sp³-hybridized carbons (Fsp3) is 0.400. The van der Waals surface area contributed by atoms with Crippen LogP contribution in [0.1, 0.15) is 22.7 Å². The van der Waals surface area contributed by atoms with Crippen molar-refractivity contribution in [2.45, 2.75) is 26.1 Å². The van der Waals surface area contributed by atoms with Crippen molar-refractivity contribution in [2.24, 2.45) is 5.73 Å². The number of aryl methyl sites for hydroxylation is 2. The van der Waals surface area contributed by atoms with Gasteiger partial charge in [0.1, 0.15) is 6.04 Å². The van der Waals surface area contributed by atoms with E-state index in [2.05, 4.69) is 0 Å². The Balaban J connectivity index is 3.08. The van der Waals surface area contributed by atoms with Crippen molar-refractivity contribution < 1.29 is 13.2 Å². The van der Waals surface area contributed by atoms with Crippen LogP contribution in [0.15, 0.2) is 18.2 Å². The molecule has 0 radical (unpaired) electrons. The first-order valence-electron chi connectivity index (χ1n) is 4.22. The summed E-state index contributed by atoms with van der Waals surface area (Å²) in [6, 6.07) is 2.88. The van der Waals surface area contributed by atoms with Gasteiger partial charge in [0.25, 0.3) is 0 Å². The summed E-state index contributed by atoms with van der Waals surface area (Å²) in [5.74, 6) is 0. The predicted molar refractivity (Wildman–Crippen MR) is 48.9 cm³/mol. The van der Waals surface area contributed by atoms with E-state index in [1.54, 1.807) is 19.1 Å². The van der Waals surface area contributed by atoms with Crippen molar-refractivity contribution in [3.05, 3.63) is 34.9 Å². The fourth-order valence-corrected chi connectivity index (χ4v) is 1.35. The van der Waals surface area contributed by atoms with Crippen molar-refractivity contribution in [3.8, 4) is 0 Å². The summed E-state index contributed by atoms with van der Waals surface area (Å²) >= 11 is 0. The van der Waals surface area contributed by atoms with Crippen molar-refractivity contribution in [3.63, 3.8) is 0 Å². The first-order valence-corrected chi connectivity index (χ1v) is 4.22. The molecule has 1 rings (SSSR count). The number of alkyl halides is 3. The van der Waals surface area contributed by atoms with Gasteiger partial charge >= 0.3 is 6.18 Å². The third-order valence-corrected chi connectivity index (χ3v) is 2.11. The fourth-order valence-electron chi connectivity index (χ4n) is 1.35. The van der Waals surface area contributed by atoms with Gasteiger partial charge in [-0.15, -0.1) is 0 Å². The molecular weight excluding hydrogens is 191 g/mol. The molecule has 1 aromatic rings. The molecule has 0 aliphatic heterocycles. The van der Waals surface area contributed by atoms with Crippen LogP contribution < -0.4 is 5.73 Å². The summed E-state index contributed by atoms with van der Waals surface area (Å²) in [6.07, 6.45) is -4.37. The lowest BCUT2D eigenvalue weighted by atomic mass is 9.99. The van der Waals surface area contributed by atoms with Gasteiger partial charge in [-0.2, -0.15) is 13.2 Å². The molecule has 1 aromatic carbocycles. The summed E-state index contributed by atoms with van der Waals surface area (Å²) in [5, 5.41) is 0. The van der Waals surface area contributed by atoms with Crippen LogP contribution >= 0.6 is 0 Å². The third kappa shape index (κ3) is 2.26. The van der Waals surface area contributed by atoms with Crippen molar-refractivity contribution in [1.29, 1.82) is 0 Å². The number of halogens is 3. The Kier molecular flexibility index (Phi) is 2.85. The van der Waals surface area contributed by atoms with E-state index >= 15 is 0 Å². The Hall–Kier alpha value is -1.03. The molecule has 0 saturated carbocycles. The minimum atomic E-state index is -4.37. The largest absolute Gasteiger partial charge is 0.407 e. The zero-order valence-electron chi connectivity index (χ0n) is 8.02. The molecule has 0 fully saturated rings. The first-order chi connectivity index (χ1) is 6.32. The van der Waals surface area contributed by atoms with Crippen LogP contribution in [0.2, 0.25) is 0 Å². The van der Waals surface area contributed by atoms with Gasteiger partial charge in [-0.3, -0.25) is 0 Å². The van der Waals surface area contributed by atoms with Crippen LogP contribution in [0.25, 0.3) is 0 Å². The van der Waals surface area contributed by atoms with Gasteiger partial charge in [0.2, 0.25) is 0 Å². The third-order valence-electron chi connectivity index (χ3n) is 2.11. The number of nitrogens with two attached hydrogens (primary N) is 1. The lowest BCUT2D eigenvalue weighted by Gasteiger charge is -2.18. The highest BCUT2D eigenvalue weighted by atomic mass is 19.4. The topological polar surface area (TPSA) is 26.0 Å². The second kappa shape index (κ2) is 3.61. The molecule has 0 amide bonds. The summed E-state index contributed by atoms with van der Waals surface area (Å²) in [6.45, 7) is 3.46. The van der Waals surface area contributed by atoms with Gasteiger partial charge in [0, 0.05) is 0 Å². The maximum atomic E-state index is 12.3. The van der Waals surface area contributed by atoms with Crippen LogP contribution in [-0.2, 0) is 0 Å². The lowest BCUT2D eigenvalue weighted by molar-refractivity contribution is -0.149. The van der Waals surface area contributed by atoms with Gasteiger partial charge < -0.3 is 5.73 Å². The Labute approximate surface area is 80.7 Å². The van der Waals surface area contributed by atoms with E-state index in [9.17, 15) is 13.2 Å². The Morgan fingerprint density at radius 1 is 1.21 bits per heavy atom. The van der Waals surface area contributed by atoms with E-state index < -0.39 is 12.2 Å². The second-order valence-corrected chi connectivity index (χ2v) is 3.38. The predicted octanol–water partition coefficient (Wildman–Crippen LogP) is 2.87. The van der Waals surface area contributed by atoms with E-state index in [-0.39, 0.29) is 5.56 Å². The molecule has 0 saturated heterocycles. The molecule has 0 bridgehead atoms. The molecule has 14 heavy (non-hydrogen) atoms.